The number of methoxy groups -OCH3 is 1. The Bertz CT molecular complexity index is 454. The largest absolute Gasteiger partial charge is 0.497 e. The van der Waals surface area contributed by atoms with E-state index in [1.165, 1.54) is 0 Å². The van der Waals surface area contributed by atoms with Crippen LogP contribution in [0.2, 0.25) is 0 Å². The Labute approximate surface area is 113 Å². The minimum Gasteiger partial charge on any atom is -0.497 e. The average molecular weight is 260 g/mol. The first kappa shape index (κ1) is 13.6. The lowest BCUT2D eigenvalue weighted by Gasteiger charge is -2.29. The van der Waals surface area contributed by atoms with Gasteiger partial charge in [-0.2, -0.15) is 0 Å². The molecule has 0 aromatic heterocycles. The molecule has 1 aromatic rings. The van der Waals surface area contributed by atoms with Crippen LogP contribution in [0.15, 0.2) is 30.3 Å². The molecule has 4 heteroatoms. The van der Waals surface area contributed by atoms with Crippen molar-refractivity contribution in [3.8, 4) is 5.75 Å². The molecular weight excluding hydrogens is 240 g/mol. The lowest BCUT2D eigenvalue weighted by Crippen LogP contribution is -2.52. The molecule has 0 aliphatic carbocycles. The summed E-state index contributed by atoms with van der Waals surface area (Å²) in [6.07, 6.45) is 5.74. The average Bonchev–Trinajstić information content (AvgIpc) is 2.46. The van der Waals surface area contributed by atoms with Crippen molar-refractivity contribution in [1.82, 2.24) is 10.9 Å². The molecule has 1 amide bonds. The standard InChI is InChI=1S/C15H20N2O2/c1-3-12-10-15(18)17-16-14(12)9-6-11-4-7-13(19-2)8-5-11/h4-9,12,14,16H,3,10H2,1-2H3,(H,17,18)/b9-6+. The van der Waals surface area contributed by atoms with Gasteiger partial charge in [0.2, 0.25) is 5.91 Å². The van der Waals surface area contributed by atoms with E-state index in [0.29, 0.717) is 12.3 Å². The van der Waals surface area contributed by atoms with Gasteiger partial charge in [0, 0.05) is 12.5 Å². The molecule has 1 aromatic carbocycles. The van der Waals surface area contributed by atoms with E-state index in [0.717, 1.165) is 17.7 Å². The normalized spacial score (nSPS) is 23.4. The summed E-state index contributed by atoms with van der Waals surface area (Å²) in [5.74, 6) is 1.27. The number of rotatable bonds is 4. The van der Waals surface area contributed by atoms with Gasteiger partial charge in [0.05, 0.1) is 7.11 Å². The maximum atomic E-state index is 11.3. The van der Waals surface area contributed by atoms with E-state index in [9.17, 15) is 4.79 Å². The molecule has 0 bridgehead atoms. The predicted molar refractivity (Wildman–Crippen MR) is 75.5 cm³/mol. The van der Waals surface area contributed by atoms with E-state index in [2.05, 4.69) is 29.9 Å². The highest BCUT2D eigenvalue weighted by Gasteiger charge is 2.25. The number of benzene rings is 1. The van der Waals surface area contributed by atoms with Crippen molar-refractivity contribution in [3.05, 3.63) is 35.9 Å². The second-order valence-corrected chi connectivity index (χ2v) is 4.72. The Kier molecular flexibility index (Phi) is 4.58. The first-order valence-corrected chi connectivity index (χ1v) is 6.59. The van der Waals surface area contributed by atoms with Crippen LogP contribution in [0.4, 0.5) is 0 Å². The van der Waals surface area contributed by atoms with Crippen LogP contribution in [0.1, 0.15) is 25.3 Å². The molecule has 1 aliphatic heterocycles. The molecule has 1 fully saturated rings. The number of hydrogen-bond donors (Lipinski definition) is 2. The van der Waals surface area contributed by atoms with Crippen LogP contribution < -0.4 is 15.6 Å². The minimum atomic E-state index is 0.0703. The Morgan fingerprint density at radius 3 is 2.74 bits per heavy atom. The summed E-state index contributed by atoms with van der Waals surface area (Å²) < 4.78 is 5.13. The topological polar surface area (TPSA) is 50.4 Å². The molecule has 2 unspecified atom stereocenters. The van der Waals surface area contributed by atoms with Crippen molar-refractivity contribution in [2.75, 3.05) is 7.11 Å². The summed E-state index contributed by atoms with van der Waals surface area (Å²) in [6, 6.07) is 8.08. The van der Waals surface area contributed by atoms with Gasteiger partial charge in [-0.1, -0.05) is 37.6 Å². The van der Waals surface area contributed by atoms with Crippen molar-refractivity contribution in [1.29, 1.82) is 0 Å². The van der Waals surface area contributed by atoms with Gasteiger partial charge in [0.25, 0.3) is 0 Å². The highest BCUT2D eigenvalue weighted by Crippen LogP contribution is 2.19. The van der Waals surface area contributed by atoms with E-state index in [1.807, 2.05) is 24.3 Å². The number of hydrazine groups is 1. The van der Waals surface area contributed by atoms with Gasteiger partial charge >= 0.3 is 0 Å². The Morgan fingerprint density at radius 2 is 2.11 bits per heavy atom. The number of hydrogen-bond acceptors (Lipinski definition) is 3. The molecule has 1 saturated heterocycles. The third-order valence-corrected chi connectivity index (χ3v) is 3.47. The fraction of sp³-hybridized carbons (Fsp3) is 0.400. The summed E-state index contributed by atoms with van der Waals surface area (Å²) in [5, 5.41) is 0. The van der Waals surface area contributed by atoms with Gasteiger partial charge in [-0.25, -0.2) is 5.43 Å². The molecule has 0 saturated carbocycles. The summed E-state index contributed by atoms with van der Waals surface area (Å²) in [7, 11) is 1.66. The van der Waals surface area contributed by atoms with Crippen molar-refractivity contribution >= 4 is 12.0 Å². The maximum Gasteiger partial charge on any atom is 0.234 e. The van der Waals surface area contributed by atoms with Gasteiger partial charge in [-0.3, -0.25) is 10.2 Å². The van der Waals surface area contributed by atoms with Gasteiger partial charge in [-0.15, -0.1) is 0 Å². The lowest BCUT2D eigenvalue weighted by atomic mass is 9.91. The molecule has 0 spiro atoms. The van der Waals surface area contributed by atoms with Crippen molar-refractivity contribution in [2.24, 2.45) is 5.92 Å². The number of ether oxygens (including phenoxy) is 1. The summed E-state index contributed by atoms with van der Waals surface area (Å²) >= 11 is 0. The van der Waals surface area contributed by atoms with Crippen LogP contribution in [0, 0.1) is 5.92 Å². The van der Waals surface area contributed by atoms with Crippen LogP contribution in [0.3, 0.4) is 0 Å². The fourth-order valence-corrected chi connectivity index (χ4v) is 2.23. The number of nitrogens with one attached hydrogen (secondary N) is 2. The number of carbonyl (C=O) groups excluding carboxylic acids is 1. The van der Waals surface area contributed by atoms with Crippen molar-refractivity contribution in [3.63, 3.8) is 0 Å². The zero-order valence-electron chi connectivity index (χ0n) is 11.3. The fourth-order valence-electron chi connectivity index (χ4n) is 2.23. The van der Waals surface area contributed by atoms with Crippen LogP contribution in [-0.4, -0.2) is 19.1 Å². The van der Waals surface area contributed by atoms with E-state index in [4.69, 9.17) is 4.74 Å². The zero-order chi connectivity index (χ0) is 13.7. The van der Waals surface area contributed by atoms with Gasteiger partial charge < -0.3 is 4.74 Å². The van der Waals surface area contributed by atoms with Gasteiger partial charge in [-0.05, 0) is 23.6 Å². The van der Waals surface area contributed by atoms with Crippen LogP contribution in [0.5, 0.6) is 5.75 Å². The number of carbonyl (C=O) groups is 1. The Morgan fingerprint density at radius 1 is 1.37 bits per heavy atom. The molecule has 2 atom stereocenters. The van der Waals surface area contributed by atoms with E-state index in [-0.39, 0.29) is 11.9 Å². The van der Waals surface area contributed by atoms with Gasteiger partial charge in [0.15, 0.2) is 0 Å². The van der Waals surface area contributed by atoms with E-state index >= 15 is 0 Å². The molecule has 19 heavy (non-hydrogen) atoms. The molecule has 2 rings (SSSR count). The molecule has 2 N–H and O–H groups in total. The Hall–Kier alpha value is -1.81. The van der Waals surface area contributed by atoms with E-state index < -0.39 is 0 Å². The van der Waals surface area contributed by atoms with E-state index in [1.54, 1.807) is 7.11 Å². The minimum absolute atomic E-state index is 0.0703. The number of amides is 1. The second-order valence-electron chi connectivity index (χ2n) is 4.72. The quantitative estimate of drug-likeness (QED) is 0.872. The first-order valence-electron chi connectivity index (χ1n) is 6.59. The third-order valence-electron chi connectivity index (χ3n) is 3.47. The molecule has 1 aliphatic rings. The molecule has 1 heterocycles. The van der Waals surface area contributed by atoms with Crippen molar-refractivity contribution < 1.29 is 9.53 Å². The highest BCUT2D eigenvalue weighted by atomic mass is 16.5. The smallest absolute Gasteiger partial charge is 0.234 e. The summed E-state index contributed by atoms with van der Waals surface area (Å²) in [4.78, 5) is 11.3. The lowest BCUT2D eigenvalue weighted by molar-refractivity contribution is -0.125. The molecule has 4 nitrogen and oxygen atoms in total. The molecular formula is C15H20N2O2. The highest BCUT2D eigenvalue weighted by molar-refractivity contribution is 5.76. The summed E-state index contributed by atoms with van der Waals surface area (Å²) in [5.41, 5.74) is 6.86. The zero-order valence-corrected chi connectivity index (χ0v) is 11.3. The SMILES string of the molecule is CCC1CC(=O)NNC1/C=C/c1ccc(OC)cc1. The van der Waals surface area contributed by atoms with Crippen LogP contribution >= 0.6 is 0 Å². The Balaban J connectivity index is 2.01. The molecule has 0 radical (unpaired) electrons. The third kappa shape index (κ3) is 3.58. The molecule has 102 valence electrons. The monoisotopic (exact) mass is 260 g/mol. The summed E-state index contributed by atoms with van der Waals surface area (Å²) in [6.45, 7) is 2.11. The first-order chi connectivity index (χ1) is 9.22. The van der Waals surface area contributed by atoms with Gasteiger partial charge in [0.1, 0.15) is 5.75 Å². The second kappa shape index (κ2) is 6.38. The van der Waals surface area contributed by atoms with Crippen molar-refractivity contribution in [2.45, 2.75) is 25.8 Å². The predicted octanol–water partition coefficient (Wildman–Crippen LogP) is 2.13. The maximum absolute atomic E-state index is 11.3. The van der Waals surface area contributed by atoms with Crippen LogP contribution in [-0.2, 0) is 4.79 Å². The van der Waals surface area contributed by atoms with Crippen LogP contribution in [0.25, 0.3) is 6.08 Å².